The van der Waals surface area contributed by atoms with Crippen LogP contribution >= 0.6 is 0 Å². The van der Waals surface area contributed by atoms with Crippen LogP contribution in [0.3, 0.4) is 0 Å². The third kappa shape index (κ3) is 3.28. The standard InChI is InChI=1S/C16H26N2O/c1-12(17-2)13-8-9-16(19-4)14(10-13)11-18(3)15-6-5-7-15/h8-10,12,15,17H,5-7,11H2,1-4H3. The van der Waals surface area contributed by atoms with Crippen molar-refractivity contribution >= 4 is 0 Å². The highest BCUT2D eigenvalue weighted by atomic mass is 16.5. The molecule has 0 aliphatic heterocycles. The van der Waals surface area contributed by atoms with Crippen LogP contribution in [-0.2, 0) is 6.54 Å². The van der Waals surface area contributed by atoms with Crippen molar-refractivity contribution in [3.05, 3.63) is 29.3 Å². The highest BCUT2D eigenvalue weighted by molar-refractivity contribution is 5.38. The number of benzene rings is 1. The second-order valence-corrected chi connectivity index (χ2v) is 5.58. The molecule has 3 heteroatoms. The Kier molecular flexibility index (Phi) is 4.83. The molecule has 1 aromatic rings. The maximum atomic E-state index is 5.50. The summed E-state index contributed by atoms with van der Waals surface area (Å²) in [7, 11) is 5.97. The Labute approximate surface area is 116 Å². The smallest absolute Gasteiger partial charge is 0.123 e. The first kappa shape index (κ1) is 14.4. The fourth-order valence-electron chi connectivity index (χ4n) is 2.58. The number of hydrogen-bond donors (Lipinski definition) is 1. The van der Waals surface area contributed by atoms with E-state index < -0.39 is 0 Å². The number of methoxy groups -OCH3 is 1. The number of nitrogens with one attached hydrogen (secondary N) is 1. The van der Waals surface area contributed by atoms with E-state index in [1.54, 1.807) is 7.11 Å². The Bertz CT molecular complexity index is 415. The lowest BCUT2D eigenvalue weighted by atomic mass is 9.91. The van der Waals surface area contributed by atoms with Gasteiger partial charge in [0.25, 0.3) is 0 Å². The molecule has 1 saturated carbocycles. The Morgan fingerprint density at radius 3 is 2.68 bits per heavy atom. The third-order valence-electron chi connectivity index (χ3n) is 4.36. The van der Waals surface area contributed by atoms with E-state index in [4.69, 9.17) is 4.74 Å². The molecule has 19 heavy (non-hydrogen) atoms. The average Bonchev–Trinajstić information content (AvgIpc) is 2.35. The zero-order valence-electron chi connectivity index (χ0n) is 12.6. The lowest BCUT2D eigenvalue weighted by Gasteiger charge is -2.35. The maximum Gasteiger partial charge on any atom is 0.123 e. The van der Waals surface area contributed by atoms with E-state index >= 15 is 0 Å². The average molecular weight is 262 g/mol. The number of hydrogen-bond acceptors (Lipinski definition) is 3. The second kappa shape index (κ2) is 6.40. The summed E-state index contributed by atoms with van der Waals surface area (Å²) < 4.78 is 5.50. The molecule has 1 N–H and O–H groups in total. The van der Waals surface area contributed by atoms with Crippen molar-refractivity contribution in [2.75, 3.05) is 21.2 Å². The number of nitrogens with zero attached hydrogens (tertiary/aromatic N) is 1. The quantitative estimate of drug-likeness (QED) is 0.853. The van der Waals surface area contributed by atoms with Gasteiger partial charge in [0, 0.05) is 24.2 Å². The molecule has 1 aliphatic rings. The Hall–Kier alpha value is -1.06. The molecule has 2 rings (SSSR count). The van der Waals surface area contributed by atoms with Crippen LogP contribution < -0.4 is 10.1 Å². The van der Waals surface area contributed by atoms with Gasteiger partial charge in [-0.3, -0.25) is 4.90 Å². The molecule has 0 saturated heterocycles. The maximum absolute atomic E-state index is 5.50. The topological polar surface area (TPSA) is 24.5 Å². The van der Waals surface area contributed by atoms with Gasteiger partial charge in [0.2, 0.25) is 0 Å². The Morgan fingerprint density at radius 1 is 1.42 bits per heavy atom. The van der Waals surface area contributed by atoms with Crippen molar-refractivity contribution in [1.29, 1.82) is 0 Å². The van der Waals surface area contributed by atoms with E-state index in [2.05, 4.69) is 42.4 Å². The SMILES string of the molecule is CNC(C)c1ccc(OC)c(CN(C)C2CCC2)c1. The molecule has 1 aromatic carbocycles. The molecule has 1 aliphatic carbocycles. The van der Waals surface area contributed by atoms with Gasteiger partial charge in [-0.1, -0.05) is 12.5 Å². The molecule has 1 atom stereocenters. The zero-order valence-corrected chi connectivity index (χ0v) is 12.6. The van der Waals surface area contributed by atoms with Gasteiger partial charge in [-0.25, -0.2) is 0 Å². The van der Waals surface area contributed by atoms with Crippen molar-refractivity contribution < 1.29 is 4.74 Å². The van der Waals surface area contributed by atoms with Gasteiger partial charge in [-0.15, -0.1) is 0 Å². The summed E-state index contributed by atoms with van der Waals surface area (Å²) >= 11 is 0. The van der Waals surface area contributed by atoms with Crippen molar-refractivity contribution in [2.24, 2.45) is 0 Å². The van der Waals surface area contributed by atoms with Crippen LogP contribution in [0.25, 0.3) is 0 Å². The Morgan fingerprint density at radius 2 is 2.16 bits per heavy atom. The van der Waals surface area contributed by atoms with Crippen LogP contribution in [-0.4, -0.2) is 32.1 Å². The summed E-state index contributed by atoms with van der Waals surface area (Å²) in [6.07, 6.45) is 4.06. The molecular formula is C16H26N2O. The van der Waals surface area contributed by atoms with Crippen molar-refractivity contribution in [3.63, 3.8) is 0 Å². The van der Waals surface area contributed by atoms with Gasteiger partial charge >= 0.3 is 0 Å². The van der Waals surface area contributed by atoms with E-state index in [9.17, 15) is 0 Å². The van der Waals surface area contributed by atoms with Gasteiger partial charge in [-0.2, -0.15) is 0 Å². The second-order valence-electron chi connectivity index (χ2n) is 5.58. The summed E-state index contributed by atoms with van der Waals surface area (Å²) in [6.45, 7) is 3.15. The summed E-state index contributed by atoms with van der Waals surface area (Å²) in [6, 6.07) is 7.64. The van der Waals surface area contributed by atoms with Crippen molar-refractivity contribution in [3.8, 4) is 5.75 Å². The van der Waals surface area contributed by atoms with E-state index in [0.29, 0.717) is 6.04 Å². The highest BCUT2D eigenvalue weighted by Gasteiger charge is 2.22. The van der Waals surface area contributed by atoms with Crippen molar-refractivity contribution in [2.45, 2.75) is 44.8 Å². The molecule has 0 aromatic heterocycles. The van der Waals surface area contributed by atoms with Crippen LogP contribution in [0.4, 0.5) is 0 Å². The molecule has 106 valence electrons. The monoisotopic (exact) mass is 262 g/mol. The molecule has 0 heterocycles. The van der Waals surface area contributed by atoms with Crippen LogP contribution in [0.1, 0.15) is 43.4 Å². The minimum absolute atomic E-state index is 0.374. The fraction of sp³-hybridized carbons (Fsp3) is 0.625. The van der Waals surface area contributed by atoms with E-state index in [1.165, 1.54) is 30.4 Å². The zero-order chi connectivity index (χ0) is 13.8. The van der Waals surface area contributed by atoms with E-state index in [1.807, 2.05) is 7.05 Å². The van der Waals surface area contributed by atoms with Gasteiger partial charge in [0.15, 0.2) is 0 Å². The molecule has 0 spiro atoms. The molecular weight excluding hydrogens is 236 g/mol. The molecule has 0 radical (unpaired) electrons. The predicted molar refractivity (Wildman–Crippen MR) is 79.6 cm³/mol. The van der Waals surface area contributed by atoms with Crippen molar-refractivity contribution in [1.82, 2.24) is 10.2 Å². The fourth-order valence-corrected chi connectivity index (χ4v) is 2.58. The molecule has 1 fully saturated rings. The third-order valence-corrected chi connectivity index (χ3v) is 4.36. The van der Waals surface area contributed by atoms with Gasteiger partial charge in [0.05, 0.1) is 7.11 Å². The summed E-state index contributed by atoms with van der Waals surface area (Å²) in [5.74, 6) is 0.998. The minimum atomic E-state index is 0.374. The largest absolute Gasteiger partial charge is 0.496 e. The van der Waals surface area contributed by atoms with Gasteiger partial charge in [0.1, 0.15) is 5.75 Å². The lowest BCUT2D eigenvalue weighted by Crippen LogP contribution is -2.36. The minimum Gasteiger partial charge on any atom is -0.496 e. The van der Waals surface area contributed by atoms with Crippen LogP contribution in [0, 0.1) is 0 Å². The number of rotatable bonds is 6. The summed E-state index contributed by atoms with van der Waals surface area (Å²) in [5, 5.41) is 3.29. The predicted octanol–water partition coefficient (Wildman–Crippen LogP) is 2.96. The number of ether oxygens (including phenoxy) is 1. The van der Waals surface area contributed by atoms with Crippen LogP contribution in [0.15, 0.2) is 18.2 Å². The Balaban J connectivity index is 2.15. The molecule has 0 amide bonds. The summed E-state index contributed by atoms with van der Waals surface area (Å²) in [4.78, 5) is 2.45. The highest BCUT2D eigenvalue weighted by Crippen LogP contribution is 2.28. The van der Waals surface area contributed by atoms with E-state index in [-0.39, 0.29) is 0 Å². The molecule has 3 nitrogen and oxygen atoms in total. The van der Waals surface area contributed by atoms with Crippen LogP contribution in [0.2, 0.25) is 0 Å². The van der Waals surface area contributed by atoms with Crippen LogP contribution in [0.5, 0.6) is 5.75 Å². The summed E-state index contributed by atoms with van der Waals surface area (Å²) in [5.41, 5.74) is 2.61. The molecule has 1 unspecified atom stereocenters. The lowest BCUT2D eigenvalue weighted by molar-refractivity contribution is 0.151. The van der Waals surface area contributed by atoms with Gasteiger partial charge < -0.3 is 10.1 Å². The first-order valence-corrected chi connectivity index (χ1v) is 7.20. The first-order valence-electron chi connectivity index (χ1n) is 7.20. The normalized spacial score (nSPS) is 17.3. The van der Waals surface area contributed by atoms with Gasteiger partial charge in [-0.05, 0) is 51.6 Å². The first-order chi connectivity index (χ1) is 9.15. The van der Waals surface area contributed by atoms with E-state index in [0.717, 1.165) is 18.3 Å². The molecule has 0 bridgehead atoms.